The van der Waals surface area contributed by atoms with E-state index in [1.807, 2.05) is 19.1 Å². The van der Waals surface area contributed by atoms with Gasteiger partial charge in [0.15, 0.2) is 21.9 Å². The summed E-state index contributed by atoms with van der Waals surface area (Å²) in [6.45, 7) is 8.06. The number of pyridine rings is 1. The summed E-state index contributed by atoms with van der Waals surface area (Å²) in [5, 5.41) is 2.53. The van der Waals surface area contributed by atoms with Crippen molar-refractivity contribution in [1.29, 1.82) is 0 Å². The lowest BCUT2D eigenvalue weighted by molar-refractivity contribution is -0.122. The first kappa shape index (κ1) is 27.7. The molecule has 9 nitrogen and oxygen atoms in total. The van der Waals surface area contributed by atoms with Crippen LogP contribution in [0, 0.1) is 6.92 Å². The van der Waals surface area contributed by atoms with E-state index in [9.17, 15) is 18.0 Å². The summed E-state index contributed by atoms with van der Waals surface area (Å²) in [5.74, 6) is -1.95. The van der Waals surface area contributed by atoms with Gasteiger partial charge in [-0.05, 0) is 48.2 Å². The van der Waals surface area contributed by atoms with Gasteiger partial charge in [-0.2, -0.15) is 0 Å². The normalized spacial score (nSPS) is 12.5. The first-order chi connectivity index (χ1) is 18.5. The minimum atomic E-state index is -3.84. The predicted molar refractivity (Wildman–Crippen MR) is 147 cm³/mol. The van der Waals surface area contributed by atoms with Crippen LogP contribution in [0.25, 0.3) is 0 Å². The quantitative estimate of drug-likeness (QED) is 0.342. The summed E-state index contributed by atoms with van der Waals surface area (Å²) >= 11 is 0. The van der Waals surface area contributed by atoms with Gasteiger partial charge in [0.2, 0.25) is 5.91 Å². The molecule has 0 fully saturated rings. The van der Waals surface area contributed by atoms with Gasteiger partial charge in [0, 0.05) is 23.6 Å². The number of nitrogens with zero attached hydrogens (tertiary/aromatic N) is 3. The topological polar surface area (TPSA) is 122 Å². The fraction of sp³-hybridized carbons (Fsp3) is 0.241. The van der Waals surface area contributed by atoms with E-state index in [0.29, 0.717) is 11.3 Å². The molecule has 1 N–H and O–H groups in total. The molecule has 10 heteroatoms. The first-order valence-electron chi connectivity index (χ1n) is 12.3. The Morgan fingerprint density at radius 1 is 1.03 bits per heavy atom. The highest BCUT2D eigenvalue weighted by Gasteiger charge is 2.35. The van der Waals surface area contributed by atoms with Crippen molar-refractivity contribution in [2.24, 2.45) is 0 Å². The van der Waals surface area contributed by atoms with Crippen molar-refractivity contribution in [3.8, 4) is 0 Å². The van der Waals surface area contributed by atoms with Gasteiger partial charge in [-0.1, -0.05) is 56.7 Å². The van der Waals surface area contributed by atoms with E-state index in [4.69, 9.17) is 4.42 Å². The SMILES string of the molecule is Cc1ccc(S(=O)(=O)CNC(=O)C(c2cccnc2)N(C(=O)c2cocn2)c2ccc(C(C)(C)C)cc2)cc1. The van der Waals surface area contributed by atoms with Crippen LogP contribution in [0.15, 0.2) is 95.0 Å². The summed E-state index contributed by atoms with van der Waals surface area (Å²) in [7, 11) is -3.84. The number of rotatable bonds is 8. The second-order valence-electron chi connectivity index (χ2n) is 10.1. The summed E-state index contributed by atoms with van der Waals surface area (Å²) < 4.78 is 31.0. The molecule has 0 aliphatic heterocycles. The van der Waals surface area contributed by atoms with E-state index in [1.54, 1.807) is 42.6 Å². The molecule has 2 amide bonds. The Morgan fingerprint density at radius 3 is 2.28 bits per heavy atom. The Labute approximate surface area is 227 Å². The van der Waals surface area contributed by atoms with E-state index < -0.39 is 33.6 Å². The number of sulfone groups is 1. The first-order valence-corrected chi connectivity index (χ1v) is 13.9. The molecule has 2 aromatic heterocycles. The number of hydrogen-bond donors (Lipinski definition) is 1. The lowest BCUT2D eigenvalue weighted by Crippen LogP contribution is -2.45. The molecule has 1 unspecified atom stereocenters. The third-order valence-electron chi connectivity index (χ3n) is 6.20. The fourth-order valence-corrected chi connectivity index (χ4v) is 5.04. The van der Waals surface area contributed by atoms with Crippen LogP contribution < -0.4 is 10.2 Å². The van der Waals surface area contributed by atoms with Gasteiger partial charge in [-0.15, -0.1) is 0 Å². The summed E-state index contributed by atoms with van der Waals surface area (Å²) in [5.41, 5.74) is 2.61. The molecule has 39 heavy (non-hydrogen) atoms. The monoisotopic (exact) mass is 546 g/mol. The molecule has 0 spiro atoms. The zero-order valence-electron chi connectivity index (χ0n) is 22.2. The van der Waals surface area contributed by atoms with Crippen LogP contribution in [0.1, 0.15) is 54.0 Å². The number of carbonyl (C=O) groups excluding carboxylic acids is 2. The Kier molecular flexibility index (Phi) is 7.96. The smallest absolute Gasteiger partial charge is 0.281 e. The lowest BCUT2D eigenvalue weighted by Gasteiger charge is -2.31. The molecule has 2 aromatic carbocycles. The van der Waals surface area contributed by atoms with Gasteiger partial charge < -0.3 is 9.73 Å². The lowest BCUT2D eigenvalue weighted by atomic mass is 9.87. The van der Waals surface area contributed by atoms with E-state index >= 15 is 0 Å². The third-order valence-corrected chi connectivity index (χ3v) is 7.72. The second kappa shape index (κ2) is 11.2. The summed E-state index contributed by atoms with van der Waals surface area (Å²) in [4.78, 5) is 37.0. The zero-order valence-corrected chi connectivity index (χ0v) is 23.0. The molecule has 0 aliphatic rings. The number of anilines is 1. The van der Waals surface area contributed by atoms with Crippen LogP contribution in [-0.4, -0.2) is 36.1 Å². The summed E-state index contributed by atoms with van der Waals surface area (Å²) in [6.07, 6.45) is 5.33. The number of aromatic nitrogens is 2. The molecule has 0 bridgehead atoms. The predicted octanol–water partition coefficient (Wildman–Crippen LogP) is 4.61. The van der Waals surface area contributed by atoms with Gasteiger partial charge >= 0.3 is 0 Å². The van der Waals surface area contributed by atoms with Crippen molar-refractivity contribution < 1.29 is 22.4 Å². The molecule has 0 saturated carbocycles. The fourth-order valence-electron chi connectivity index (χ4n) is 3.99. The number of aryl methyl sites for hydroxylation is 1. The van der Waals surface area contributed by atoms with Gasteiger partial charge in [0.1, 0.15) is 18.2 Å². The molecule has 4 rings (SSSR count). The van der Waals surface area contributed by atoms with Gasteiger partial charge in [0.25, 0.3) is 5.91 Å². The largest absolute Gasteiger partial charge is 0.451 e. The molecule has 0 radical (unpaired) electrons. The number of amides is 2. The number of carbonyl (C=O) groups is 2. The van der Waals surface area contributed by atoms with Crippen LogP contribution in [0.3, 0.4) is 0 Å². The highest BCUT2D eigenvalue weighted by atomic mass is 32.2. The number of nitrogens with one attached hydrogen (secondary N) is 1. The van der Waals surface area contributed by atoms with Crippen molar-refractivity contribution in [3.63, 3.8) is 0 Å². The molecule has 202 valence electrons. The maximum Gasteiger partial charge on any atom is 0.281 e. The van der Waals surface area contributed by atoms with Crippen LogP contribution in [0.2, 0.25) is 0 Å². The molecular weight excluding hydrogens is 516 g/mol. The van der Waals surface area contributed by atoms with Crippen molar-refractivity contribution >= 4 is 27.3 Å². The minimum absolute atomic E-state index is 0.0103. The number of hydrogen-bond acceptors (Lipinski definition) is 7. The molecular formula is C29H30N4O5S. The molecule has 2 heterocycles. The van der Waals surface area contributed by atoms with Crippen LogP contribution in [0.4, 0.5) is 5.69 Å². The van der Waals surface area contributed by atoms with Crippen LogP contribution in [-0.2, 0) is 20.0 Å². The molecule has 0 aliphatic carbocycles. The number of oxazole rings is 1. The van der Waals surface area contributed by atoms with Gasteiger partial charge in [-0.25, -0.2) is 13.4 Å². The highest BCUT2D eigenvalue weighted by Crippen LogP contribution is 2.32. The third kappa shape index (κ3) is 6.40. The van der Waals surface area contributed by atoms with Crippen molar-refractivity contribution in [2.75, 3.05) is 10.8 Å². The van der Waals surface area contributed by atoms with Gasteiger partial charge in [-0.3, -0.25) is 19.5 Å². The maximum absolute atomic E-state index is 13.7. The Hall–Kier alpha value is -4.31. The van der Waals surface area contributed by atoms with Crippen LogP contribution in [0.5, 0.6) is 0 Å². The van der Waals surface area contributed by atoms with E-state index in [-0.39, 0.29) is 16.0 Å². The standard InChI is InChI=1S/C29H30N4O5S/c1-20-7-13-24(14-8-20)39(36,37)19-32-27(34)26(21-6-5-15-30-16-21)33(28(35)25-17-38-18-31-25)23-11-9-22(10-12-23)29(2,3)4/h5-18,26H,19H2,1-4H3,(H,32,34). The van der Waals surface area contributed by atoms with Crippen molar-refractivity contribution in [2.45, 2.75) is 44.0 Å². The van der Waals surface area contributed by atoms with Crippen molar-refractivity contribution in [3.05, 3.63) is 108 Å². The average Bonchev–Trinajstić information content (AvgIpc) is 3.46. The highest BCUT2D eigenvalue weighted by molar-refractivity contribution is 7.91. The van der Waals surface area contributed by atoms with E-state index in [2.05, 4.69) is 36.1 Å². The van der Waals surface area contributed by atoms with Crippen molar-refractivity contribution in [1.82, 2.24) is 15.3 Å². The Bertz CT molecular complexity index is 1530. The minimum Gasteiger partial charge on any atom is -0.451 e. The Morgan fingerprint density at radius 2 is 1.72 bits per heavy atom. The molecule has 1 atom stereocenters. The van der Waals surface area contributed by atoms with Gasteiger partial charge in [0.05, 0.1) is 4.90 Å². The average molecular weight is 547 g/mol. The zero-order chi connectivity index (χ0) is 28.2. The Balaban J connectivity index is 1.74. The number of benzene rings is 2. The van der Waals surface area contributed by atoms with E-state index in [0.717, 1.165) is 17.5 Å². The second-order valence-corrected chi connectivity index (χ2v) is 12.1. The van der Waals surface area contributed by atoms with Crippen LogP contribution >= 0.6 is 0 Å². The molecule has 0 saturated heterocycles. The molecule has 4 aromatic rings. The summed E-state index contributed by atoms with van der Waals surface area (Å²) in [6, 6.07) is 15.7. The maximum atomic E-state index is 13.7. The van der Waals surface area contributed by atoms with E-state index in [1.165, 1.54) is 29.5 Å².